The highest BCUT2D eigenvalue weighted by atomic mass is 35.5. The second kappa shape index (κ2) is 6.20. The molecule has 0 radical (unpaired) electrons. The fourth-order valence-electron chi connectivity index (χ4n) is 1.61. The number of halogens is 2. The van der Waals surface area contributed by atoms with Crippen LogP contribution in [0.5, 0.6) is 5.75 Å². The van der Waals surface area contributed by atoms with Gasteiger partial charge in [0.05, 0.1) is 21.6 Å². The molecule has 2 aromatic carbocycles. The van der Waals surface area contributed by atoms with Crippen LogP contribution in [0.15, 0.2) is 36.4 Å². The molecule has 7 heteroatoms. The summed E-state index contributed by atoms with van der Waals surface area (Å²) in [7, 11) is 0. The second-order valence-corrected chi connectivity index (χ2v) is 4.49. The normalized spacial score (nSPS) is 9.95. The van der Waals surface area contributed by atoms with Crippen LogP contribution in [0, 0.1) is 27.3 Å². The maximum absolute atomic E-state index is 13.6. The first kappa shape index (κ1) is 14.8. The third-order valence-corrected chi connectivity index (χ3v) is 3.04. The summed E-state index contributed by atoms with van der Waals surface area (Å²) in [4.78, 5) is 10.0. The van der Waals surface area contributed by atoms with Crippen molar-refractivity contribution in [3.05, 3.63) is 68.5 Å². The van der Waals surface area contributed by atoms with Crippen LogP contribution < -0.4 is 4.74 Å². The van der Waals surface area contributed by atoms with E-state index in [1.807, 2.05) is 6.07 Å². The monoisotopic (exact) mass is 306 g/mol. The molecule has 0 saturated heterocycles. The molecular formula is C14H8ClFN2O3. The Balaban J connectivity index is 2.13. The quantitative estimate of drug-likeness (QED) is 0.635. The molecule has 0 aromatic heterocycles. The number of hydrogen-bond donors (Lipinski definition) is 0. The average Bonchev–Trinajstić information content (AvgIpc) is 2.46. The van der Waals surface area contributed by atoms with E-state index in [4.69, 9.17) is 21.6 Å². The van der Waals surface area contributed by atoms with Gasteiger partial charge in [-0.25, -0.2) is 4.39 Å². The molecule has 5 nitrogen and oxygen atoms in total. The molecule has 0 heterocycles. The summed E-state index contributed by atoms with van der Waals surface area (Å²) in [6, 6.07) is 9.58. The van der Waals surface area contributed by atoms with Crippen LogP contribution in [-0.4, -0.2) is 4.92 Å². The first-order chi connectivity index (χ1) is 10.0. The average molecular weight is 307 g/mol. The van der Waals surface area contributed by atoms with E-state index in [-0.39, 0.29) is 28.6 Å². The van der Waals surface area contributed by atoms with Gasteiger partial charge < -0.3 is 4.74 Å². The first-order valence-corrected chi connectivity index (χ1v) is 6.14. The van der Waals surface area contributed by atoms with E-state index < -0.39 is 10.7 Å². The number of nitro benzene ring substituents is 1. The highest BCUT2D eigenvalue weighted by Crippen LogP contribution is 2.25. The van der Waals surface area contributed by atoms with Crippen LogP contribution in [0.2, 0.25) is 5.02 Å². The topological polar surface area (TPSA) is 76.2 Å². The summed E-state index contributed by atoms with van der Waals surface area (Å²) >= 11 is 5.91. The minimum atomic E-state index is -0.660. The van der Waals surface area contributed by atoms with Crippen molar-refractivity contribution >= 4 is 17.3 Å². The molecule has 0 saturated carbocycles. The summed E-state index contributed by atoms with van der Waals surface area (Å²) in [5.74, 6) is -0.685. The minimum Gasteiger partial charge on any atom is -0.486 e. The molecule has 0 bridgehead atoms. The molecule has 2 rings (SSSR count). The molecule has 0 atom stereocenters. The Bertz CT molecular complexity index is 743. The van der Waals surface area contributed by atoms with E-state index in [0.717, 1.165) is 6.07 Å². The van der Waals surface area contributed by atoms with E-state index in [2.05, 4.69) is 0 Å². The smallest absolute Gasteiger partial charge is 0.270 e. The summed E-state index contributed by atoms with van der Waals surface area (Å²) in [6.07, 6.45) is 0. The first-order valence-electron chi connectivity index (χ1n) is 5.76. The van der Waals surface area contributed by atoms with Gasteiger partial charge in [-0.3, -0.25) is 10.1 Å². The van der Waals surface area contributed by atoms with Crippen LogP contribution in [0.25, 0.3) is 0 Å². The van der Waals surface area contributed by atoms with E-state index in [9.17, 15) is 14.5 Å². The zero-order valence-electron chi connectivity index (χ0n) is 10.5. The maximum atomic E-state index is 13.6. The SMILES string of the molecule is N#Cc1ccc(OCc2ccc([N+](=O)[O-])cc2Cl)c(F)c1. The van der Waals surface area contributed by atoms with Crippen LogP contribution >= 0.6 is 11.6 Å². The van der Waals surface area contributed by atoms with Crippen LogP contribution in [0.4, 0.5) is 10.1 Å². The standard InChI is InChI=1S/C14H8ClFN2O3/c15-12-6-11(18(19)20)3-2-10(12)8-21-14-4-1-9(7-17)5-13(14)16/h1-6H,8H2. The Morgan fingerprint density at radius 1 is 1.33 bits per heavy atom. The fraction of sp³-hybridized carbons (Fsp3) is 0.0714. The molecular weight excluding hydrogens is 299 g/mol. The van der Waals surface area contributed by atoms with Crippen molar-refractivity contribution in [2.75, 3.05) is 0 Å². The Morgan fingerprint density at radius 2 is 2.10 bits per heavy atom. The lowest BCUT2D eigenvalue weighted by Gasteiger charge is -2.08. The number of nitriles is 1. The molecule has 0 aliphatic rings. The van der Waals surface area contributed by atoms with E-state index in [1.54, 1.807) is 0 Å². The third kappa shape index (κ3) is 3.46. The molecule has 0 spiro atoms. The van der Waals surface area contributed by atoms with E-state index in [1.165, 1.54) is 30.3 Å². The third-order valence-electron chi connectivity index (χ3n) is 2.69. The lowest BCUT2D eigenvalue weighted by Crippen LogP contribution is -1.99. The van der Waals surface area contributed by atoms with Crippen LogP contribution in [0.3, 0.4) is 0 Å². The number of nitrogens with zero attached hydrogens (tertiary/aromatic N) is 2. The van der Waals surface area contributed by atoms with E-state index in [0.29, 0.717) is 5.56 Å². The van der Waals surface area contributed by atoms with Crippen molar-refractivity contribution in [1.29, 1.82) is 5.26 Å². The molecule has 0 fully saturated rings. The Labute approximate surface area is 124 Å². The van der Waals surface area contributed by atoms with Gasteiger partial charge in [0.25, 0.3) is 5.69 Å². The van der Waals surface area contributed by atoms with Gasteiger partial charge in [-0.15, -0.1) is 0 Å². The fourth-order valence-corrected chi connectivity index (χ4v) is 1.84. The van der Waals surface area contributed by atoms with Gasteiger partial charge >= 0.3 is 0 Å². The Hall–Kier alpha value is -2.65. The number of ether oxygens (including phenoxy) is 1. The van der Waals surface area contributed by atoms with Crippen molar-refractivity contribution in [2.45, 2.75) is 6.61 Å². The lowest BCUT2D eigenvalue weighted by molar-refractivity contribution is -0.384. The lowest BCUT2D eigenvalue weighted by atomic mass is 10.2. The largest absolute Gasteiger partial charge is 0.486 e. The number of non-ortho nitro benzene ring substituents is 1. The van der Waals surface area contributed by atoms with Gasteiger partial charge in [0, 0.05) is 17.7 Å². The van der Waals surface area contributed by atoms with E-state index >= 15 is 0 Å². The molecule has 2 aromatic rings. The Kier molecular flexibility index (Phi) is 4.36. The maximum Gasteiger partial charge on any atom is 0.270 e. The van der Waals surface area contributed by atoms with Gasteiger partial charge in [-0.2, -0.15) is 5.26 Å². The predicted molar refractivity (Wildman–Crippen MR) is 73.6 cm³/mol. The number of nitro groups is 1. The summed E-state index contributed by atoms with van der Waals surface area (Å²) in [5.41, 5.74) is 0.549. The van der Waals surface area contributed by atoms with Crippen LogP contribution in [0.1, 0.15) is 11.1 Å². The van der Waals surface area contributed by atoms with Crippen molar-refractivity contribution < 1.29 is 14.1 Å². The highest BCUT2D eigenvalue weighted by Gasteiger charge is 2.11. The van der Waals surface area contributed by atoms with Crippen molar-refractivity contribution in [2.24, 2.45) is 0 Å². The van der Waals surface area contributed by atoms with Gasteiger partial charge in [0.2, 0.25) is 0 Å². The number of hydrogen-bond acceptors (Lipinski definition) is 4. The Morgan fingerprint density at radius 3 is 2.67 bits per heavy atom. The van der Waals surface area contributed by atoms with Gasteiger partial charge in [-0.05, 0) is 24.3 Å². The molecule has 21 heavy (non-hydrogen) atoms. The zero-order valence-corrected chi connectivity index (χ0v) is 11.3. The van der Waals surface area contributed by atoms with Gasteiger partial charge in [0.15, 0.2) is 11.6 Å². The number of rotatable bonds is 4. The second-order valence-electron chi connectivity index (χ2n) is 4.08. The zero-order chi connectivity index (χ0) is 15.4. The number of benzene rings is 2. The molecule has 0 N–H and O–H groups in total. The summed E-state index contributed by atoms with van der Waals surface area (Å²) < 4.78 is 18.9. The highest BCUT2D eigenvalue weighted by molar-refractivity contribution is 6.31. The molecule has 0 unspecified atom stereocenters. The minimum absolute atomic E-state index is 0.0246. The predicted octanol–water partition coefficient (Wildman–Crippen LogP) is 3.84. The summed E-state index contributed by atoms with van der Waals surface area (Å²) in [6.45, 7) is -0.0420. The summed E-state index contributed by atoms with van der Waals surface area (Å²) in [5, 5.41) is 19.4. The van der Waals surface area contributed by atoms with Crippen LogP contribution in [-0.2, 0) is 6.61 Å². The molecule has 0 aliphatic heterocycles. The van der Waals surface area contributed by atoms with Crippen molar-refractivity contribution in [3.63, 3.8) is 0 Å². The molecule has 106 valence electrons. The van der Waals surface area contributed by atoms with Gasteiger partial charge in [0.1, 0.15) is 6.61 Å². The van der Waals surface area contributed by atoms with Crippen molar-refractivity contribution in [3.8, 4) is 11.8 Å². The van der Waals surface area contributed by atoms with Gasteiger partial charge in [-0.1, -0.05) is 11.6 Å². The van der Waals surface area contributed by atoms with Crippen molar-refractivity contribution in [1.82, 2.24) is 0 Å². The molecule has 0 amide bonds. The molecule has 0 aliphatic carbocycles.